The summed E-state index contributed by atoms with van der Waals surface area (Å²) in [5, 5.41) is 11.7. The van der Waals surface area contributed by atoms with E-state index in [1.165, 1.54) is 24.9 Å². The predicted octanol–water partition coefficient (Wildman–Crippen LogP) is 3.58. The number of hydrogen-bond acceptors (Lipinski definition) is 4. The number of thioether (sulfide) groups is 1. The van der Waals surface area contributed by atoms with Crippen molar-refractivity contribution in [2.75, 3.05) is 18.2 Å². The smallest absolute Gasteiger partial charge is 0.234 e. The lowest BCUT2D eigenvalue weighted by atomic mass is 10.2. The molecule has 0 spiro atoms. The number of rotatable bonds is 6. The van der Waals surface area contributed by atoms with Crippen LogP contribution in [0.3, 0.4) is 0 Å². The van der Waals surface area contributed by atoms with Crippen LogP contribution in [0.1, 0.15) is 11.1 Å². The first-order chi connectivity index (χ1) is 11.1. The van der Waals surface area contributed by atoms with Gasteiger partial charge in [-0.2, -0.15) is 5.26 Å². The first kappa shape index (κ1) is 16.8. The van der Waals surface area contributed by atoms with E-state index in [1.807, 2.05) is 6.07 Å². The van der Waals surface area contributed by atoms with E-state index in [-0.39, 0.29) is 17.4 Å². The maximum absolute atomic E-state index is 13.6. The summed E-state index contributed by atoms with van der Waals surface area (Å²) in [6, 6.07) is 13.6. The Morgan fingerprint density at radius 1 is 1.35 bits per heavy atom. The van der Waals surface area contributed by atoms with Gasteiger partial charge in [-0.15, -0.1) is 11.8 Å². The quantitative estimate of drug-likeness (QED) is 0.879. The fourth-order valence-electron chi connectivity index (χ4n) is 1.94. The number of methoxy groups -OCH3 is 1. The third-order valence-electron chi connectivity index (χ3n) is 3.04. The summed E-state index contributed by atoms with van der Waals surface area (Å²) < 4.78 is 18.4. The predicted molar refractivity (Wildman–Crippen MR) is 88.9 cm³/mol. The first-order valence-corrected chi connectivity index (χ1v) is 7.98. The Kier molecular flexibility index (Phi) is 6.01. The molecule has 23 heavy (non-hydrogen) atoms. The van der Waals surface area contributed by atoms with E-state index in [2.05, 4.69) is 5.32 Å². The minimum atomic E-state index is -0.419. The number of amides is 1. The second-order valence-electron chi connectivity index (χ2n) is 4.67. The molecule has 0 aliphatic carbocycles. The van der Waals surface area contributed by atoms with Crippen LogP contribution < -0.4 is 10.1 Å². The second kappa shape index (κ2) is 8.20. The second-order valence-corrected chi connectivity index (χ2v) is 5.65. The zero-order chi connectivity index (χ0) is 16.7. The summed E-state index contributed by atoms with van der Waals surface area (Å²) in [7, 11) is 1.41. The number of halogens is 1. The van der Waals surface area contributed by atoms with E-state index in [9.17, 15) is 9.18 Å². The van der Waals surface area contributed by atoms with Crippen LogP contribution in [0.5, 0.6) is 5.75 Å². The summed E-state index contributed by atoms with van der Waals surface area (Å²) >= 11 is 1.37. The maximum Gasteiger partial charge on any atom is 0.234 e. The van der Waals surface area contributed by atoms with Crippen LogP contribution in [0, 0.1) is 17.1 Å². The van der Waals surface area contributed by atoms with E-state index in [0.717, 1.165) is 5.56 Å². The van der Waals surface area contributed by atoms with Crippen molar-refractivity contribution in [2.45, 2.75) is 5.75 Å². The van der Waals surface area contributed by atoms with E-state index >= 15 is 0 Å². The molecule has 1 N–H and O–H groups in total. The van der Waals surface area contributed by atoms with Gasteiger partial charge in [-0.05, 0) is 29.8 Å². The SMILES string of the molecule is COc1ccc(CSCC(=O)Nc2ccccc2C#N)cc1F. The van der Waals surface area contributed by atoms with Crippen LogP contribution in [0.4, 0.5) is 10.1 Å². The van der Waals surface area contributed by atoms with E-state index in [1.54, 1.807) is 36.4 Å². The number of carbonyl (C=O) groups is 1. The van der Waals surface area contributed by atoms with Gasteiger partial charge in [0.1, 0.15) is 6.07 Å². The Labute approximate surface area is 138 Å². The Hall–Kier alpha value is -2.52. The minimum Gasteiger partial charge on any atom is -0.494 e. The molecule has 0 bridgehead atoms. The summed E-state index contributed by atoms with van der Waals surface area (Å²) in [6.07, 6.45) is 0. The standard InChI is InChI=1S/C17H15FN2O2S/c1-22-16-7-6-12(8-14(16)18)10-23-11-17(21)20-15-5-3-2-4-13(15)9-19/h2-8H,10-11H2,1H3,(H,20,21). The van der Waals surface area contributed by atoms with Gasteiger partial charge >= 0.3 is 0 Å². The van der Waals surface area contributed by atoms with Gasteiger partial charge in [0.2, 0.25) is 5.91 Å². The van der Waals surface area contributed by atoms with Crippen LogP contribution in [0.15, 0.2) is 42.5 Å². The van der Waals surface area contributed by atoms with Gasteiger partial charge in [0, 0.05) is 5.75 Å². The van der Waals surface area contributed by atoms with Gasteiger partial charge in [0.15, 0.2) is 11.6 Å². The van der Waals surface area contributed by atoms with Crippen LogP contribution in [0.25, 0.3) is 0 Å². The summed E-state index contributed by atoms with van der Waals surface area (Å²) in [6.45, 7) is 0. The molecule has 1 amide bonds. The highest BCUT2D eigenvalue weighted by Crippen LogP contribution is 2.21. The van der Waals surface area contributed by atoms with Crippen molar-refractivity contribution in [1.82, 2.24) is 0 Å². The average Bonchev–Trinajstić information content (AvgIpc) is 2.55. The molecule has 2 aromatic rings. The lowest BCUT2D eigenvalue weighted by Crippen LogP contribution is -2.15. The van der Waals surface area contributed by atoms with Gasteiger partial charge in [-0.25, -0.2) is 4.39 Å². The van der Waals surface area contributed by atoms with Crippen molar-refractivity contribution >= 4 is 23.4 Å². The molecule has 0 atom stereocenters. The molecule has 0 saturated heterocycles. The van der Waals surface area contributed by atoms with Gasteiger partial charge < -0.3 is 10.1 Å². The highest BCUT2D eigenvalue weighted by Gasteiger charge is 2.08. The number of ether oxygens (including phenoxy) is 1. The normalized spacial score (nSPS) is 9.96. The zero-order valence-corrected chi connectivity index (χ0v) is 13.3. The molecule has 6 heteroatoms. The molecule has 2 aromatic carbocycles. The molecule has 0 unspecified atom stereocenters. The largest absolute Gasteiger partial charge is 0.494 e. The minimum absolute atomic E-state index is 0.199. The molecule has 0 fully saturated rings. The fourth-order valence-corrected chi connectivity index (χ4v) is 2.71. The molecular formula is C17H15FN2O2S. The van der Waals surface area contributed by atoms with Crippen LogP contribution in [-0.2, 0) is 10.5 Å². The van der Waals surface area contributed by atoms with E-state index in [0.29, 0.717) is 17.0 Å². The third kappa shape index (κ3) is 4.73. The Morgan fingerprint density at radius 2 is 2.13 bits per heavy atom. The molecule has 0 aliphatic heterocycles. The number of nitrogens with zero attached hydrogens (tertiary/aromatic N) is 1. The van der Waals surface area contributed by atoms with Gasteiger partial charge in [0.05, 0.1) is 24.1 Å². The lowest BCUT2D eigenvalue weighted by molar-refractivity contribution is -0.113. The zero-order valence-electron chi connectivity index (χ0n) is 12.5. The molecule has 4 nitrogen and oxygen atoms in total. The van der Waals surface area contributed by atoms with E-state index < -0.39 is 5.82 Å². The fraction of sp³-hybridized carbons (Fsp3) is 0.176. The van der Waals surface area contributed by atoms with Crippen molar-refractivity contribution in [3.8, 4) is 11.8 Å². The van der Waals surface area contributed by atoms with Crippen molar-refractivity contribution in [3.63, 3.8) is 0 Å². The number of hydrogen-bond donors (Lipinski definition) is 1. The van der Waals surface area contributed by atoms with Crippen LogP contribution >= 0.6 is 11.8 Å². The Morgan fingerprint density at radius 3 is 2.83 bits per heavy atom. The molecule has 2 rings (SSSR count). The molecule has 0 heterocycles. The van der Waals surface area contributed by atoms with E-state index in [4.69, 9.17) is 10.00 Å². The molecular weight excluding hydrogens is 315 g/mol. The lowest BCUT2D eigenvalue weighted by Gasteiger charge is -2.07. The van der Waals surface area contributed by atoms with Gasteiger partial charge in [-0.1, -0.05) is 18.2 Å². The first-order valence-electron chi connectivity index (χ1n) is 6.83. The van der Waals surface area contributed by atoms with Crippen molar-refractivity contribution in [3.05, 3.63) is 59.4 Å². The summed E-state index contributed by atoms with van der Waals surface area (Å²) in [5.74, 6) is 0.302. The number of para-hydroxylation sites is 1. The number of anilines is 1. The highest BCUT2D eigenvalue weighted by molar-refractivity contribution is 7.99. The molecule has 0 aromatic heterocycles. The van der Waals surface area contributed by atoms with Gasteiger partial charge in [0.25, 0.3) is 0 Å². The van der Waals surface area contributed by atoms with Crippen LogP contribution in [0.2, 0.25) is 0 Å². The van der Waals surface area contributed by atoms with Crippen molar-refractivity contribution < 1.29 is 13.9 Å². The maximum atomic E-state index is 13.6. The monoisotopic (exact) mass is 330 g/mol. The van der Waals surface area contributed by atoms with Crippen LogP contribution in [-0.4, -0.2) is 18.8 Å². The molecule has 0 radical (unpaired) electrons. The number of nitriles is 1. The highest BCUT2D eigenvalue weighted by atomic mass is 32.2. The number of nitrogens with one attached hydrogen (secondary N) is 1. The third-order valence-corrected chi connectivity index (χ3v) is 4.04. The Balaban J connectivity index is 1.85. The molecule has 0 aliphatic rings. The molecule has 118 valence electrons. The average molecular weight is 330 g/mol. The summed E-state index contributed by atoms with van der Waals surface area (Å²) in [4.78, 5) is 11.9. The number of benzene rings is 2. The van der Waals surface area contributed by atoms with Crippen molar-refractivity contribution in [2.24, 2.45) is 0 Å². The van der Waals surface area contributed by atoms with Gasteiger partial charge in [-0.3, -0.25) is 4.79 Å². The number of carbonyl (C=O) groups excluding carboxylic acids is 1. The Bertz CT molecular complexity index is 744. The summed E-state index contributed by atoms with van der Waals surface area (Å²) in [5.41, 5.74) is 1.69. The molecule has 0 saturated carbocycles. The van der Waals surface area contributed by atoms with Crippen molar-refractivity contribution in [1.29, 1.82) is 5.26 Å². The topological polar surface area (TPSA) is 62.1 Å².